The molecule has 0 aliphatic carbocycles. The fourth-order valence-corrected chi connectivity index (χ4v) is 4.33. The molecule has 20 heavy (non-hydrogen) atoms. The number of methoxy groups -OCH3 is 2. The van der Waals surface area contributed by atoms with Crippen LogP contribution in [0.1, 0.15) is 13.8 Å². The molecule has 0 spiro atoms. The number of rotatable bonds is 7. The summed E-state index contributed by atoms with van der Waals surface area (Å²) in [5.74, 6) is 0.594. The molecule has 0 saturated heterocycles. The number of sulfonamides is 1. The molecule has 5 nitrogen and oxygen atoms in total. The van der Waals surface area contributed by atoms with Crippen LogP contribution in [0.4, 0.5) is 0 Å². The van der Waals surface area contributed by atoms with Crippen molar-refractivity contribution in [3.05, 3.63) is 22.7 Å². The van der Waals surface area contributed by atoms with E-state index in [0.29, 0.717) is 23.4 Å². The average molecular weight is 366 g/mol. The van der Waals surface area contributed by atoms with Gasteiger partial charge in [-0.15, -0.1) is 0 Å². The van der Waals surface area contributed by atoms with E-state index in [1.54, 1.807) is 25.3 Å². The zero-order chi connectivity index (χ0) is 15.3. The summed E-state index contributed by atoms with van der Waals surface area (Å²) in [6.45, 7) is 4.37. The first kappa shape index (κ1) is 17.4. The Morgan fingerprint density at radius 3 is 2.45 bits per heavy atom. The molecule has 0 heterocycles. The zero-order valence-electron chi connectivity index (χ0n) is 12.1. The van der Waals surface area contributed by atoms with E-state index >= 15 is 0 Å². The highest BCUT2D eigenvalue weighted by Crippen LogP contribution is 2.29. The van der Waals surface area contributed by atoms with Gasteiger partial charge in [-0.2, -0.15) is 4.31 Å². The van der Waals surface area contributed by atoms with Crippen molar-refractivity contribution in [2.45, 2.75) is 24.8 Å². The van der Waals surface area contributed by atoms with Crippen LogP contribution < -0.4 is 4.74 Å². The normalized spacial score (nSPS) is 13.5. The van der Waals surface area contributed by atoms with Crippen LogP contribution in [0.3, 0.4) is 0 Å². The van der Waals surface area contributed by atoms with Crippen LogP contribution in [-0.2, 0) is 14.8 Å². The number of hydrogen-bond acceptors (Lipinski definition) is 4. The minimum atomic E-state index is -3.55. The Balaban J connectivity index is 3.17. The number of ether oxygens (including phenoxy) is 2. The number of likely N-dealkylation sites (N-methyl/N-ethyl adjacent to an activating group) is 1. The highest BCUT2D eigenvalue weighted by Gasteiger charge is 2.28. The Kier molecular flexibility index (Phi) is 6.44. The number of nitrogens with zero attached hydrogens (tertiary/aromatic N) is 1. The van der Waals surface area contributed by atoms with Crippen LogP contribution in [0.5, 0.6) is 5.75 Å². The van der Waals surface area contributed by atoms with E-state index in [4.69, 9.17) is 9.47 Å². The molecule has 1 aromatic rings. The fourth-order valence-electron chi connectivity index (χ4n) is 1.99. The zero-order valence-corrected chi connectivity index (χ0v) is 14.5. The van der Waals surface area contributed by atoms with Gasteiger partial charge in [-0.05, 0) is 41.1 Å². The van der Waals surface area contributed by atoms with E-state index in [1.165, 1.54) is 11.4 Å². The lowest BCUT2D eigenvalue weighted by molar-refractivity contribution is 0.142. The fraction of sp³-hybridized carbons (Fsp3) is 0.538. The summed E-state index contributed by atoms with van der Waals surface area (Å²) in [6.07, 6.45) is 0. The molecule has 0 fully saturated rings. The van der Waals surface area contributed by atoms with E-state index in [9.17, 15) is 8.42 Å². The largest absolute Gasteiger partial charge is 0.496 e. The monoisotopic (exact) mass is 365 g/mol. The number of benzene rings is 1. The molecule has 0 amide bonds. The van der Waals surface area contributed by atoms with Gasteiger partial charge in [-0.3, -0.25) is 0 Å². The van der Waals surface area contributed by atoms with Crippen molar-refractivity contribution >= 4 is 26.0 Å². The van der Waals surface area contributed by atoms with Gasteiger partial charge in [0.05, 0.1) is 23.1 Å². The third-order valence-corrected chi connectivity index (χ3v) is 5.65. The molecule has 114 valence electrons. The molecule has 0 saturated carbocycles. The van der Waals surface area contributed by atoms with Gasteiger partial charge in [-0.25, -0.2) is 8.42 Å². The summed E-state index contributed by atoms with van der Waals surface area (Å²) in [4.78, 5) is 0.231. The van der Waals surface area contributed by atoms with Gasteiger partial charge < -0.3 is 9.47 Å². The van der Waals surface area contributed by atoms with Gasteiger partial charge in [0.2, 0.25) is 10.0 Å². The summed E-state index contributed by atoms with van der Waals surface area (Å²) in [7, 11) is -0.461. The molecule has 1 rings (SSSR count). The highest BCUT2D eigenvalue weighted by molar-refractivity contribution is 9.10. The maximum atomic E-state index is 12.6. The topological polar surface area (TPSA) is 55.8 Å². The summed E-state index contributed by atoms with van der Waals surface area (Å²) >= 11 is 3.31. The smallest absolute Gasteiger partial charge is 0.243 e. The summed E-state index contributed by atoms with van der Waals surface area (Å²) < 4.78 is 37.5. The molecule has 7 heteroatoms. The lowest BCUT2D eigenvalue weighted by Gasteiger charge is -2.26. The van der Waals surface area contributed by atoms with Crippen molar-refractivity contribution in [1.82, 2.24) is 4.31 Å². The van der Waals surface area contributed by atoms with Gasteiger partial charge in [0.1, 0.15) is 5.75 Å². The third kappa shape index (κ3) is 3.72. The van der Waals surface area contributed by atoms with Crippen molar-refractivity contribution < 1.29 is 17.9 Å². The first-order chi connectivity index (χ1) is 9.38. The Hall–Kier alpha value is -0.630. The third-order valence-electron chi connectivity index (χ3n) is 2.94. The van der Waals surface area contributed by atoms with E-state index < -0.39 is 10.0 Å². The first-order valence-electron chi connectivity index (χ1n) is 6.22. The van der Waals surface area contributed by atoms with Crippen LogP contribution in [0.15, 0.2) is 27.6 Å². The number of halogens is 1. The van der Waals surface area contributed by atoms with Gasteiger partial charge in [0.15, 0.2) is 0 Å². The maximum absolute atomic E-state index is 12.6. The minimum absolute atomic E-state index is 0.226. The second-order valence-corrected chi connectivity index (χ2v) is 7.05. The molecule has 1 aromatic carbocycles. The van der Waals surface area contributed by atoms with E-state index in [2.05, 4.69) is 15.9 Å². The van der Waals surface area contributed by atoms with Crippen molar-refractivity contribution in [2.75, 3.05) is 27.4 Å². The van der Waals surface area contributed by atoms with Crippen LogP contribution in [0.2, 0.25) is 0 Å². The molecular weight excluding hydrogens is 346 g/mol. The molecule has 0 unspecified atom stereocenters. The van der Waals surface area contributed by atoms with Gasteiger partial charge >= 0.3 is 0 Å². The SMILES string of the molecule is CCN([C@@H](C)COC)S(=O)(=O)c1ccc(OC)c(Br)c1. The van der Waals surface area contributed by atoms with Crippen LogP contribution in [0.25, 0.3) is 0 Å². The minimum Gasteiger partial charge on any atom is -0.496 e. The molecule has 0 aliphatic heterocycles. The predicted octanol–water partition coefficient (Wildman–Crippen LogP) is 2.50. The van der Waals surface area contributed by atoms with E-state index in [-0.39, 0.29) is 10.9 Å². The van der Waals surface area contributed by atoms with Gasteiger partial charge in [0.25, 0.3) is 0 Å². The molecule has 0 N–H and O–H groups in total. The summed E-state index contributed by atoms with van der Waals surface area (Å²) in [5.41, 5.74) is 0. The second-order valence-electron chi connectivity index (χ2n) is 4.31. The summed E-state index contributed by atoms with van der Waals surface area (Å²) in [6, 6.07) is 4.50. The molecule has 0 radical (unpaired) electrons. The van der Waals surface area contributed by atoms with Crippen molar-refractivity contribution in [3.63, 3.8) is 0 Å². The van der Waals surface area contributed by atoms with Crippen molar-refractivity contribution in [1.29, 1.82) is 0 Å². The van der Waals surface area contributed by atoms with Crippen molar-refractivity contribution in [3.8, 4) is 5.75 Å². The van der Waals surface area contributed by atoms with Crippen LogP contribution in [0, 0.1) is 0 Å². The Bertz CT molecular complexity index is 547. The molecule has 0 bridgehead atoms. The quantitative estimate of drug-likeness (QED) is 0.744. The Morgan fingerprint density at radius 1 is 1.35 bits per heavy atom. The molecule has 0 aliphatic rings. The van der Waals surface area contributed by atoms with Crippen LogP contribution in [-0.4, -0.2) is 46.1 Å². The van der Waals surface area contributed by atoms with Gasteiger partial charge in [-0.1, -0.05) is 6.92 Å². The van der Waals surface area contributed by atoms with Gasteiger partial charge in [0, 0.05) is 19.7 Å². The Morgan fingerprint density at radius 2 is 2.00 bits per heavy atom. The van der Waals surface area contributed by atoms with Crippen LogP contribution >= 0.6 is 15.9 Å². The summed E-state index contributed by atoms with van der Waals surface area (Å²) in [5, 5.41) is 0. The maximum Gasteiger partial charge on any atom is 0.243 e. The van der Waals surface area contributed by atoms with Crippen molar-refractivity contribution in [2.24, 2.45) is 0 Å². The lowest BCUT2D eigenvalue weighted by atomic mass is 10.3. The predicted molar refractivity (Wildman–Crippen MR) is 81.6 cm³/mol. The number of hydrogen-bond donors (Lipinski definition) is 0. The molecular formula is C13H20BrNO4S. The molecule has 0 aromatic heterocycles. The Labute approximate surface area is 129 Å². The molecule has 1 atom stereocenters. The highest BCUT2D eigenvalue weighted by atomic mass is 79.9. The average Bonchev–Trinajstić information content (AvgIpc) is 2.39. The van der Waals surface area contributed by atoms with E-state index in [0.717, 1.165) is 0 Å². The lowest BCUT2D eigenvalue weighted by Crippen LogP contribution is -2.40. The first-order valence-corrected chi connectivity index (χ1v) is 8.46. The standard InChI is InChI=1S/C13H20BrNO4S/c1-5-15(10(2)9-18-3)20(16,17)11-6-7-13(19-4)12(14)8-11/h6-8,10H,5,9H2,1-4H3/t10-/m0/s1. The van der Waals surface area contributed by atoms with E-state index in [1.807, 2.05) is 13.8 Å². The second kappa shape index (κ2) is 7.40.